The van der Waals surface area contributed by atoms with Gasteiger partial charge >= 0.3 is 0 Å². The molecule has 1 aliphatic rings. The Labute approximate surface area is 110 Å². The van der Waals surface area contributed by atoms with Crippen LogP contribution >= 0.6 is 0 Å². The van der Waals surface area contributed by atoms with Crippen LogP contribution in [0.4, 0.5) is 0 Å². The van der Waals surface area contributed by atoms with E-state index in [1.165, 1.54) is 11.4 Å². The molecule has 2 rings (SSSR count). The maximum Gasteiger partial charge on any atom is 0.113 e. The topological polar surface area (TPSA) is 44.0 Å². The Kier molecular flexibility index (Phi) is 4.07. The number of imidazole rings is 1. The molecule has 1 aromatic heterocycles. The Morgan fingerprint density at radius 1 is 1.28 bits per heavy atom. The Hall–Kier alpha value is -0.870. The van der Waals surface area contributed by atoms with E-state index < -0.39 is 0 Å². The molecule has 2 N–H and O–H groups in total. The summed E-state index contributed by atoms with van der Waals surface area (Å²) >= 11 is 0. The van der Waals surface area contributed by atoms with Crippen molar-refractivity contribution >= 4 is 0 Å². The molecule has 0 spiro atoms. The van der Waals surface area contributed by atoms with Gasteiger partial charge in [-0.15, -0.1) is 0 Å². The van der Waals surface area contributed by atoms with Crippen LogP contribution in [0.25, 0.3) is 0 Å². The molecule has 0 saturated carbocycles. The van der Waals surface area contributed by atoms with Crippen LogP contribution in [-0.4, -0.2) is 47.6 Å². The molecule has 0 atom stereocenters. The summed E-state index contributed by atoms with van der Waals surface area (Å²) in [5.74, 6) is 1.13. The fourth-order valence-corrected chi connectivity index (χ4v) is 2.66. The average molecular weight is 250 g/mol. The highest BCUT2D eigenvalue weighted by Crippen LogP contribution is 2.23. The van der Waals surface area contributed by atoms with E-state index in [0.717, 1.165) is 45.0 Å². The minimum Gasteiger partial charge on any atom is -0.345 e. The van der Waals surface area contributed by atoms with Crippen molar-refractivity contribution in [1.29, 1.82) is 0 Å². The van der Waals surface area contributed by atoms with E-state index in [0.29, 0.717) is 0 Å². The van der Waals surface area contributed by atoms with E-state index in [2.05, 4.69) is 42.9 Å². The van der Waals surface area contributed by atoms with Gasteiger partial charge in [0.15, 0.2) is 0 Å². The molecule has 1 aromatic rings. The summed E-state index contributed by atoms with van der Waals surface area (Å²) in [5, 5.41) is 3.40. The number of rotatable bonds is 4. The Morgan fingerprint density at radius 2 is 1.94 bits per heavy atom. The molecule has 0 unspecified atom stereocenters. The van der Waals surface area contributed by atoms with Gasteiger partial charge in [0.2, 0.25) is 0 Å². The standard InChI is InChI=1S/C14H26N4/c1-5-12-11(2)16-13(17-12)14(3,4)10-18-8-6-15-7-9-18/h15H,5-10H2,1-4H3,(H,16,17). The number of nitrogens with zero attached hydrogens (tertiary/aromatic N) is 2. The van der Waals surface area contributed by atoms with Crippen LogP contribution in [0.5, 0.6) is 0 Å². The van der Waals surface area contributed by atoms with Crippen LogP contribution in [0.2, 0.25) is 0 Å². The summed E-state index contributed by atoms with van der Waals surface area (Å²) in [7, 11) is 0. The average Bonchev–Trinajstić information content (AvgIpc) is 2.72. The lowest BCUT2D eigenvalue weighted by Crippen LogP contribution is -2.48. The van der Waals surface area contributed by atoms with Crippen LogP contribution in [0.15, 0.2) is 0 Å². The first-order valence-electron chi connectivity index (χ1n) is 7.02. The van der Waals surface area contributed by atoms with Gasteiger partial charge in [-0.05, 0) is 13.3 Å². The zero-order valence-corrected chi connectivity index (χ0v) is 12.1. The number of aryl methyl sites for hydroxylation is 2. The van der Waals surface area contributed by atoms with Crippen molar-refractivity contribution in [2.75, 3.05) is 32.7 Å². The number of aromatic nitrogens is 2. The number of piperazine rings is 1. The van der Waals surface area contributed by atoms with Gasteiger partial charge in [0.1, 0.15) is 5.82 Å². The van der Waals surface area contributed by atoms with Crippen molar-refractivity contribution in [3.8, 4) is 0 Å². The normalized spacial score (nSPS) is 18.2. The predicted molar refractivity (Wildman–Crippen MR) is 75.0 cm³/mol. The second-order valence-corrected chi connectivity index (χ2v) is 5.92. The highest BCUT2D eigenvalue weighted by Gasteiger charge is 2.28. The first-order chi connectivity index (χ1) is 8.53. The molecule has 18 heavy (non-hydrogen) atoms. The van der Waals surface area contributed by atoms with Crippen molar-refractivity contribution in [1.82, 2.24) is 20.2 Å². The van der Waals surface area contributed by atoms with Crippen molar-refractivity contribution in [3.63, 3.8) is 0 Å². The SMILES string of the molecule is CCc1nc(C(C)(C)CN2CCNCC2)[nH]c1C. The number of H-pyrrole nitrogens is 1. The predicted octanol–water partition coefficient (Wildman–Crippen LogP) is 1.46. The third-order valence-electron chi connectivity index (χ3n) is 3.79. The molecule has 1 aliphatic heterocycles. The highest BCUT2D eigenvalue weighted by atomic mass is 15.2. The van der Waals surface area contributed by atoms with Gasteiger partial charge in [0, 0.05) is 43.8 Å². The van der Waals surface area contributed by atoms with Gasteiger partial charge in [-0.2, -0.15) is 0 Å². The number of nitrogens with one attached hydrogen (secondary N) is 2. The maximum atomic E-state index is 4.77. The third kappa shape index (κ3) is 2.93. The molecule has 0 radical (unpaired) electrons. The minimum absolute atomic E-state index is 0.0928. The van der Waals surface area contributed by atoms with Crippen molar-refractivity contribution < 1.29 is 0 Å². The first kappa shape index (κ1) is 13.6. The smallest absolute Gasteiger partial charge is 0.113 e. The largest absolute Gasteiger partial charge is 0.345 e. The molecule has 2 heterocycles. The summed E-state index contributed by atoms with van der Waals surface area (Å²) in [4.78, 5) is 10.8. The Bertz CT molecular complexity index is 388. The van der Waals surface area contributed by atoms with Crippen molar-refractivity contribution in [2.24, 2.45) is 0 Å². The molecule has 0 aromatic carbocycles. The van der Waals surface area contributed by atoms with Crippen LogP contribution in [0.1, 0.15) is 38.0 Å². The van der Waals surface area contributed by atoms with E-state index in [1.54, 1.807) is 0 Å². The summed E-state index contributed by atoms with van der Waals surface area (Å²) in [6.07, 6.45) is 1.01. The van der Waals surface area contributed by atoms with Crippen molar-refractivity contribution in [2.45, 2.75) is 39.5 Å². The summed E-state index contributed by atoms with van der Waals surface area (Å²) in [6.45, 7) is 14.4. The van der Waals surface area contributed by atoms with Gasteiger partial charge < -0.3 is 10.3 Å². The highest BCUT2D eigenvalue weighted by molar-refractivity contribution is 5.18. The van der Waals surface area contributed by atoms with E-state index >= 15 is 0 Å². The van der Waals surface area contributed by atoms with Crippen LogP contribution < -0.4 is 5.32 Å². The Morgan fingerprint density at radius 3 is 2.50 bits per heavy atom. The van der Waals surface area contributed by atoms with Crippen LogP contribution in [-0.2, 0) is 11.8 Å². The minimum atomic E-state index is 0.0928. The van der Waals surface area contributed by atoms with Crippen LogP contribution in [0.3, 0.4) is 0 Å². The van der Waals surface area contributed by atoms with Gasteiger partial charge in [-0.3, -0.25) is 4.90 Å². The van der Waals surface area contributed by atoms with E-state index in [4.69, 9.17) is 4.98 Å². The summed E-state index contributed by atoms with van der Waals surface area (Å²) in [5.41, 5.74) is 2.52. The van der Waals surface area contributed by atoms with Gasteiger partial charge in [-0.25, -0.2) is 4.98 Å². The summed E-state index contributed by atoms with van der Waals surface area (Å²) < 4.78 is 0. The maximum absolute atomic E-state index is 4.77. The molecule has 0 bridgehead atoms. The Balaban J connectivity index is 2.08. The van der Waals surface area contributed by atoms with E-state index in [-0.39, 0.29) is 5.41 Å². The van der Waals surface area contributed by atoms with Gasteiger partial charge in [0.05, 0.1) is 5.69 Å². The lowest BCUT2D eigenvalue weighted by atomic mass is 9.91. The van der Waals surface area contributed by atoms with E-state index in [1.807, 2.05) is 0 Å². The fourth-order valence-electron chi connectivity index (χ4n) is 2.66. The zero-order chi connectivity index (χ0) is 13.2. The van der Waals surface area contributed by atoms with Gasteiger partial charge in [0.25, 0.3) is 0 Å². The molecule has 4 heteroatoms. The molecule has 0 aliphatic carbocycles. The van der Waals surface area contributed by atoms with Crippen LogP contribution in [0, 0.1) is 6.92 Å². The molecule has 1 fully saturated rings. The third-order valence-corrected chi connectivity index (χ3v) is 3.79. The molecular formula is C14H26N4. The second kappa shape index (κ2) is 5.41. The molecule has 102 valence electrons. The molecular weight excluding hydrogens is 224 g/mol. The first-order valence-corrected chi connectivity index (χ1v) is 7.02. The second-order valence-electron chi connectivity index (χ2n) is 5.92. The monoisotopic (exact) mass is 250 g/mol. The zero-order valence-electron chi connectivity index (χ0n) is 12.1. The fraction of sp³-hybridized carbons (Fsp3) is 0.786. The number of hydrogen-bond donors (Lipinski definition) is 2. The summed E-state index contributed by atoms with van der Waals surface area (Å²) in [6, 6.07) is 0. The van der Waals surface area contributed by atoms with Crippen molar-refractivity contribution in [3.05, 3.63) is 17.2 Å². The molecule has 0 amide bonds. The lowest BCUT2D eigenvalue weighted by Gasteiger charge is -2.34. The lowest BCUT2D eigenvalue weighted by molar-refractivity contribution is 0.196. The molecule has 1 saturated heterocycles. The van der Waals surface area contributed by atoms with E-state index in [9.17, 15) is 0 Å². The molecule has 4 nitrogen and oxygen atoms in total. The number of aromatic amines is 1. The quantitative estimate of drug-likeness (QED) is 0.850. The van der Waals surface area contributed by atoms with Gasteiger partial charge in [-0.1, -0.05) is 20.8 Å². The number of hydrogen-bond acceptors (Lipinski definition) is 3.